The molecule has 2 atom stereocenters. The molecule has 1 aliphatic heterocycles. The van der Waals surface area contributed by atoms with E-state index in [1.807, 2.05) is 61.5 Å². The van der Waals surface area contributed by atoms with Gasteiger partial charge >= 0.3 is 0 Å². The van der Waals surface area contributed by atoms with Crippen molar-refractivity contribution in [1.82, 2.24) is 15.4 Å². The number of fused-ring (bicyclic) bond motifs is 1. The first-order valence-corrected chi connectivity index (χ1v) is 10.9. The second-order valence-electron chi connectivity index (χ2n) is 8.49. The van der Waals surface area contributed by atoms with Crippen molar-refractivity contribution in [3.05, 3.63) is 65.9 Å². The number of nitrogens with zero attached hydrogens (tertiary/aromatic N) is 3. The van der Waals surface area contributed by atoms with Crippen molar-refractivity contribution in [2.45, 2.75) is 26.0 Å². The van der Waals surface area contributed by atoms with Gasteiger partial charge in [-0.2, -0.15) is 0 Å². The SMILES string of the molecule is Cc1cc(COc2ccc(N3CC[C@H]([C@@H](C(=O)NO)N(C)C)C3=O)cc2)c2ccccc2n1. The van der Waals surface area contributed by atoms with Gasteiger partial charge in [0.15, 0.2) is 0 Å². The molecule has 3 aromatic rings. The van der Waals surface area contributed by atoms with Crippen molar-refractivity contribution in [2.75, 3.05) is 25.5 Å². The van der Waals surface area contributed by atoms with Gasteiger partial charge in [-0.15, -0.1) is 0 Å². The van der Waals surface area contributed by atoms with Crippen LogP contribution in [-0.4, -0.2) is 53.6 Å². The number of hydrogen-bond donors (Lipinski definition) is 2. The molecular weight excluding hydrogens is 420 g/mol. The molecule has 172 valence electrons. The summed E-state index contributed by atoms with van der Waals surface area (Å²) in [5.41, 5.74) is 5.38. The molecular formula is C25H28N4O4. The van der Waals surface area contributed by atoms with Gasteiger partial charge in [0.1, 0.15) is 18.4 Å². The molecule has 0 radical (unpaired) electrons. The lowest BCUT2D eigenvalue weighted by Crippen LogP contribution is -2.49. The Balaban J connectivity index is 1.45. The second-order valence-corrected chi connectivity index (χ2v) is 8.49. The third-order valence-electron chi connectivity index (χ3n) is 6.04. The normalized spacial score (nSPS) is 16.9. The molecule has 0 bridgehead atoms. The Bertz CT molecular complexity index is 1160. The lowest BCUT2D eigenvalue weighted by Gasteiger charge is -2.27. The van der Waals surface area contributed by atoms with Crippen LogP contribution in [-0.2, 0) is 16.2 Å². The summed E-state index contributed by atoms with van der Waals surface area (Å²) in [6.07, 6.45) is 0.530. The van der Waals surface area contributed by atoms with E-state index < -0.39 is 17.9 Å². The Morgan fingerprint density at radius 3 is 2.67 bits per heavy atom. The monoisotopic (exact) mass is 448 g/mol. The molecule has 1 aliphatic rings. The van der Waals surface area contributed by atoms with Crippen LogP contribution in [0.4, 0.5) is 5.69 Å². The fraction of sp³-hybridized carbons (Fsp3) is 0.320. The first-order chi connectivity index (χ1) is 15.9. The number of pyridine rings is 1. The van der Waals surface area contributed by atoms with E-state index in [0.29, 0.717) is 25.3 Å². The van der Waals surface area contributed by atoms with Gasteiger partial charge in [-0.1, -0.05) is 18.2 Å². The minimum Gasteiger partial charge on any atom is -0.489 e. The van der Waals surface area contributed by atoms with Crippen molar-refractivity contribution in [3.8, 4) is 5.75 Å². The van der Waals surface area contributed by atoms with Gasteiger partial charge in [-0.3, -0.25) is 24.7 Å². The smallest absolute Gasteiger partial charge is 0.261 e. The third kappa shape index (κ3) is 4.67. The summed E-state index contributed by atoms with van der Waals surface area (Å²) in [7, 11) is 3.44. The van der Waals surface area contributed by atoms with E-state index in [0.717, 1.165) is 27.8 Å². The van der Waals surface area contributed by atoms with Crippen LogP contribution in [0.5, 0.6) is 5.75 Å². The number of hydroxylamine groups is 1. The predicted molar refractivity (Wildman–Crippen MR) is 125 cm³/mol. The van der Waals surface area contributed by atoms with Gasteiger partial charge in [0.25, 0.3) is 5.91 Å². The quantitative estimate of drug-likeness (QED) is 0.426. The Labute approximate surface area is 192 Å². The van der Waals surface area contributed by atoms with Crippen LogP contribution < -0.4 is 15.1 Å². The number of para-hydroxylation sites is 1. The Kier molecular flexibility index (Phi) is 6.57. The van der Waals surface area contributed by atoms with Crippen LogP contribution in [0.2, 0.25) is 0 Å². The Morgan fingerprint density at radius 1 is 1.24 bits per heavy atom. The number of aromatic nitrogens is 1. The summed E-state index contributed by atoms with van der Waals surface area (Å²) in [6.45, 7) is 2.89. The van der Waals surface area contributed by atoms with Crippen molar-refractivity contribution in [1.29, 1.82) is 0 Å². The molecule has 2 aromatic carbocycles. The summed E-state index contributed by atoms with van der Waals surface area (Å²) < 4.78 is 6.02. The zero-order valence-electron chi connectivity index (χ0n) is 19.0. The number of nitrogens with one attached hydrogen (secondary N) is 1. The number of carbonyl (C=O) groups excluding carboxylic acids is 2. The molecule has 33 heavy (non-hydrogen) atoms. The van der Waals surface area contributed by atoms with Gasteiger partial charge < -0.3 is 9.64 Å². The first kappa shape index (κ1) is 22.7. The van der Waals surface area contributed by atoms with Crippen LogP contribution in [0.25, 0.3) is 10.9 Å². The number of hydrogen-bond acceptors (Lipinski definition) is 6. The van der Waals surface area contributed by atoms with Crippen molar-refractivity contribution in [2.24, 2.45) is 5.92 Å². The summed E-state index contributed by atoms with van der Waals surface area (Å²) in [5.74, 6) is -0.537. The van der Waals surface area contributed by atoms with E-state index in [4.69, 9.17) is 9.94 Å². The molecule has 1 saturated heterocycles. The van der Waals surface area contributed by atoms with Gasteiger partial charge in [0, 0.05) is 28.9 Å². The van der Waals surface area contributed by atoms with Crippen molar-refractivity contribution < 1.29 is 19.5 Å². The third-order valence-corrected chi connectivity index (χ3v) is 6.04. The van der Waals surface area contributed by atoms with Crippen LogP contribution in [0, 0.1) is 12.8 Å². The standard InChI is InChI=1S/C25H28N4O4/c1-16-14-17(20-6-4-5-7-22(20)26-16)15-33-19-10-8-18(9-11-19)29-13-12-21(25(29)31)23(28(2)3)24(30)27-32/h4-11,14,21,23,32H,12-13,15H2,1-3H3,(H,27,30)/t21-,23+/m1/s1. The van der Waals surface area contributed by atoms with E-state index in [1.54, 1.807) is 29.4 Å². The molecule has 0 unspecified atom stereocenters. The maximum Gasteiger partial charge on any atom is 0.261 e. The van der Waals surface area contributed by atoms with Gasteiger partial charge in [-0.05, 0) is 63.8 Å². The highest BCUT2D eigenvalue weighted by Crippen LogP contribution is 2.30. The number of ether oxygens (including phenoxy) is 1. The average molecular weight is 449 g/mol. The highest BCUT2D eigenvalue weighted by Gasteiger charge is 2.42. The lowest BCUT2D eigenvalue weighted by atomic mass is 9.96. The van der Waals surface area contributed by atoms with Gasteiger partial charge in [0.05, 0.1) is 11.4 Å². The maximum absolute atomic E-state index is 13.0. The summed E-state index contributed by atoms with van der Waals surface area (Å²) in [5, 5.41) is 10.1. The molecule has 2 heterocycles. The van der Waals surface area contributed by atoms with Crippen molar-refractivity contribution >= 4 is 28.4 Å². The highest BCUT2D eigenvalue weighted by atomic mass is 16.5. The zero-order valence-corrected chi connectivity index (χ0v) is 19.0. The van der Waals surface area contributed by atoms with Gasteiger partial charge in [-0.25, -0.2) is 5.48 Å². The van der Waals surface area contributed by atoms with E-state index in [-0.39, 0.29) is 5.91 Å². The predicted octanol–water partition coefficient (Wildman–Crippen LogP) is 2.91. The molecule has 0 spiro atoms. The molecule has 1 fully saturated rings. The summed E-state index contributed by atoms with van der Waals surface area (Å²) in [6, 6.07) is 16.7. The number of benzene rings is 2. The van der Waals surface area contributed by atoms with Crippen molar-refractivity contribution in [3.63, 3.8) is 0 Å². The highest BCUT2D eigenvalue weighted by molar-refractivity contribution is 6.00. The van der Waals surface area contributed by atoms with E-state index >= 15 is 0 Å². The van der Waals surface area contributed by atoms with E-state index in [1.165, 1.54) is 0 Å². The molecule has 2 N–H and O–H groups in total. The molecule has 4 rings (SSSR count). The van der Waals surface area contributed by atoms with Crippen LogP contribution in [0.3, 0.4) is 0 Å². The zero-order chi connectivity index (χ0) is 23.5. The van der Waals surface area contributed by atoms with E-state index in [2.05, 4.69) is 4.98 Å². The minimum atomic E-state index is -0.728. The molecule has 0 saturated carbocycles. The Hall–Kier alpha value is -3.49. The largest absolute Gasteiger partial charge is 0.489 e. The van der Waals surface area contributed by atoms with Crippen LogP contribution >= 0.6 is 0 Å². The summed E-state index contributed by atoms with van der Waals surface area (Å²) in [4.78, 5) is 33.0. The van der Waals surface area contributed by atoms with E-state index in [9.17, 15) is 9.59 Å². The fourth-order valence-corrected chi connectivity index (χ4v) is 4.49. The molecule has 1 aromatic heterocycles. The number of carbonyl (C=O) groups is 2. The fourth-order valence-electron chi connectivity index (χ4n) is 4.49. The minimum absolute atomic E-state index is 0.135. The van der Waals surface area contributed by atoms with Gasteiger partial charge in [0.2, 0.25) is 5.91 Å². The molecule has 8 nitrogen and oxygen atoms in total. The van der Waals surface area contributed by atoms with Crippen LogP contribution in [0.15, 0.2) is 54.6 Å². The van der Waals surface area contributed by atoms with Crippen LogP contribution in [0.1, 0.15) is 17.7 Å². The topological polar surface area (TPSA) is 95.0 Å². The number of amides is 2. The lowest BCUT2D eigenvalue weighted by molar-refractivity contribution is -0.139. The average Bonchev–Trinajstić information content (AvgIpc) is 3.18. The number of anilines is 1. The first-order valence-electron chi connectivity index (χ1n) is 10.9. The molecule has 0 aliphatic carbocycles. The summed E-state index contributed by atoms with van der Waals surface area (Å²) >= 11 is 0. The number of aryl methyl sites for hydroxylation is 1. The molecule has 8 heteroatoms. The molecule has 2 amide bonds. The second kappa shape index (κ2) is 9.56. The number of rotatable bonds is 7. The maximum atomic E-state index is 13.0. The number of likely N-dealkylation sites (N-methyl/N-ethyl adjacent to an activating group) is 1. The Morgan fingerprint density at radius 2 is 1.97 bits per heavy atom.